The molecule has 3 heterocycles. The molecule has 9 nitrogen and oxygen atoms in total. The second kappa shape index (κ2) is 8.44. The molecule has 0 atom stereocenters. The van der Waals surface area contributed by atoms with E-state index in [2.05, 4.69) is 9.88 Å². The predicted octanol–water partition coefficient (Wildman–Crippen LogP) is 3.32. The van der Waals surface area contributed by atoms with Crippen LogP contribution in [0.2, 0.25) is 0 Å². The molecule has 1 aliphatic heterocycles. The highest BCUT2D eigenvalue weighted by atomic mass is 32.2. The number of hydrogen-bond acceptors (Lipinski definition) is 5. The molecule has 2 aliphatic rings. The Morgan fingerprint density at radius 3 is 2.57 bits per heavy atom. The van der Waals surface area contributed by atoms with Gasteiger partial charge in [-0.05, 0) is 48.9 Å². The van der Waals surface area contributed by atoms with Crippen molar-refractivity contribution in [2.75, 3.05) is 18.2 Å². The van der Waals surface area contributed by atoms with E-state index in [1.165, 1.54) is 11.2 Å². The number of fused-ring (bicyclic) bond motifs is 2. The average molecular weight is 499 g/mol. The molecule has 186 valence electrons. The van der Waals surface area contributed by atoms with Crippen molar-refractivity contribution in [1.29, 1.82) is 0 Å². The lowest BCUT2D eigenvalue weighted by Crippen LogP contribution is -2.44. The zero-order valence-corrected chi connectivity index (χ0v) is 20.9. The van der Waals surface area contributed by atoms with E-state index in [4.69, 9.17) is 0 Å². The van der Waals surface area contributed by atoms with Crippen molar-refractivity contribution in [3.8, 4) is 11.1 Å². The minimum Gasteiger partial charge on any atom is -0.465 e. The van der Waals surface area contributed by atoms with Crippen LogP contribution in [0.5, 0.6) is 0 Å². The van der Waals surface area contributed by atoms with E-state index >= 15 is 0 Å². The molecular formula is C25H30N4O5S. The van der Waals surface area contributed by atoms with E-state index in [0.717, 1.165) is 53.4 Å². The van der Waals surface area contributed by atoms with E-state index in [1.807, 2.05) is 30.6 Å². The Kier molecular flexibility index (Phi) is 5.66. The summed E-state index contributed by atoms with van der Waals surface area (Å²) in [5.74, 6) is -0.0538. The Labute approximate surface area is 203 Å². The first-order valence-corrected chi connectivity index (χ1v) is 13.8. The number of pyridine rings is 1. The van der Waals surface area contributed by atoms with Crippen molar-refractivity contribution in [3.63, 3.8) is 0 Å². The van der Waals surface area contributed by atoms with Crippen LogP contribution in [0, 0.1) is 0 Å². The zero-order valence-electron chi connectivity index (χ0n) is 20.1. The van der Waals surface area contributed by atoms with E-state index in [9.17, 15) is 23.1 Å². The molecule has 0 saturated heterocycles. The number of aromatic nitrogens is 2. The van der Waals surface area contributed by atoms with Crippen LogP contribution >= 0.6 is 0 Å². The van der Waals surface area contributed by atoms with Crippen LogP contribution in [-0.2, 0) is 29.2 Å². The summed E-state index contributed by atoms with van der Waals surface area (Å²) in [7, 11) is 0.142. The highest BCUT2D eigenvalue weighted by molar-refractivity contribution is 7.89. The largest absolute Gasteiger partial charge is 0.465 e. The van der Waals surface area contributed by atoms with Crippen molar-refractivity contribution in [2.24, 2.45) is 7.05 Å². The van der Waals surface area contributed by atoms with Crippen LogP contribution < -0.4 is 10.5 Å². The van der Waals surface area contributed by atoms with Gasteiger partial charge in [0.15, 0.2) is 9.84 Å². The number of amides is 1. The number of anilines is 1. The molecule has 0 spiro atoms. The molecule has 1 saturated carbocycles. The molecule has 1 fully saturated rings. The second-order valence-corrected chi connectivity index (χ2v) is 12.1. The van der Waals surface area contributed by atoms with Gasteiger partial charge in [0.1, 0.15) is 5.52 Å². The van der Waals surface area contributed by atoms with Crippen LogP contribution in [-0.4, -0.2) is 59.5 Å². The lowest BCUT2D eigenvalue weighted by atomic mass is 9.88. The maximum Gasteiger partial charge on any atom is 0.407 e. The molecule has 1 amide bonds. The van der Waals surface area contributed by atoms with Crippen LogP contribution in [0.25, 0.3) is 22.0 Å². The van der Waals surface area contributed by atoms with Crippen LogP contribution in [0.4, 0.5) is 10.5 Å². The Balaban J connectivity index is 1.61. The second-order valence-electron chi connectivity index (χ2n) is 9.93. The SMILES string of the molecule is Cn1cc2c3c(c[nH]c3c1=O)CN([C@H]1CC[C@@H](N(C)C(=O)O)CC1)c1ccc(CS(C)(=O)=O)cc1-2. The molecule has 0 unspecified atom stereocenters. The summed E-state index contributed by atoms with van der Waals surface area (Å²) in [4.78, 5) is 31.2. The lowest BCUT2D eigenvalue weighted by molar-refractivity contribution is 0.123. The summed E-state index contributed by atoms with van der Waals surface area (Å²) in [5, 5.41) is 10.3. The monoisotopic (exact) mass is 498 g/mol. The number of aryl methyl sites for hydroxylation is 1. The number of H-pyrrole nitrogens is 1. The highest BCUT2D eigenvalue weighted by Crippen LogP contribution is 2.43. The fourth-order valence-electron chi connectivity index (χ4n) is 5.71. The van der Waals surface area contributed by atoms with E-state index in [1.54, 1.807) is 18.7 Å². The Morgan fingerprint density at radius 1 is 1.20 bits per heavy atom. The quantitative estimate of drug-likeness (QED) is 0.570. The fraction of sp³-hybridized carbons (Fsp3) is 0.440. The number of benzene rings is 1. The molecule has 2 aromatic heterocycles. The van der Waals surface area contributed by atoms with E-state index < -0.39 is 15.9 Å². The summed E-state index contributed by atoms with van der Waals surface area (Å²) in [6.45, 7) is 0.614. The van der Waals surface area contributed by atoms with Gasteiger partial charge in [-0.1, -0.05) is 6.07 Å². The first-order chi connectivity index (χ1) is 16.5. The first-order valence-electron chi connectivity index (χ1n) is 11.8. The molecule has 1 aromatic carbocycles. The first kappa shape index (κ1) is 23.5. The summed E-state index contributed by atoms with van der Waals surface area (Å²) >= 11 is 0. The van der Waals surface area contributed by atoms with Gasteiger partial charge in [-0.15, -0.1) is 0 Å². The molecular weight excluding hydrogens is 468 g/mol. The topological polar surface area (TPSA) is 116 Å². The third-order valence-electron chi connectivity index (χ3n) is 7.47. The van der Waals surface area contributed by atoms with Crippen LogP contribution in [0.3, 0.4) is 0 Å². The van der Waals surface area contributed by atoms with Gasteiger partial charge in [0, 0.05) is 73.6 Å². The fourth-order valence-corrected chi connectivity index (χ4v) is 6.50. The highest BCUT2D eigenvalue weighted by Gasteiger charge is 2.33. The molecule has 1 aliphatic carbocycles. The number of nitrogens with one attached hydrogen (secondary N) is 1. The van der Waals surface area contributed by atoms with Gasteiger partial charge in [0.2, 0.25) is 0 Å². The number of rotatable bonds is 4. The van der Waals surface area contributed by atoms with Crippen molar-refractivity contribution < 1.29 is 18.3 Å². The number of sulfone groups is 1. The molecule has 0 radical (unpaired) electrons. The third-order valence-corrected chi connectivity index (χ3v) is 8.33. The summed E-state index contributed by atoms with van der Waals surface area (Å²) < 4.78 is 25.6. The van der Waals surface area contributed by atoms with E-state index in [0.29, 0.717) is 17.6 Å². The number of carboxylic acid groups (broad SMARTS) is 1. The molecule has 3 aromatic rings. The molecule has 5 rings (SSSR count). The minimum atomic E-state index is -3.21. The van der Waals surface area contributed by atoms with Crippen LogP contribution in [0.1, 0.15) is 36.8 Å². The number of carbonyl (C=O) groups is 1. The van der Waals surface area contributed by atoms with Gasteiger partial charge < -0.3 is 24.5 Å². The smallest absolute Gasteiger partial charge is 0.407 e. The Hall–Kier alpha value is -3.27. The lowest BCUT2D eigenvalue weighted by Gasteiger charge is -2.40. The van der Waals surface area contributed by atoms with Gasteiger partial charge in [-0.2, -0.15) is 0 Å². The average Bonchev–Trinajstić information content (AvgIpc) is 3.17. The van der Waals surface area contributed by atoms with Gasteiger partial charge in [-0.25, -0.2) is 13.2 Å². The van der Waals surface area contributed by atoms with Crippen LogP contribution in [0.15, 0.2) is 35.4 Å². The summed E-state index contributed by atoms with van der Waals surface area (Å²) in [6, 6.07) is 6.02. The normalized spacial score (nSPS) is 19.9. The maximum absolute atomic E-state index is 12.8. The third kappa shape index (κ3) is 4.20. The zero-order chi connectivity index (χ0) is 25.1. The van der Waals surface area contributed by atoms with Gasteiger partial charge in [-0.3, -0.25) is 4.79 Å². The van der Waals surface area contributed by atoms with Crippen molar-refractivity contribution in [1.82, 2.24) is 14.5 Å². The Morgan fingerprint density at radius 2 is 1.91 bits per heavy atom. The van der Waals surface area contributed by atoms with Gasteiger partial charge in [0.25, 0.3) is 5.56 Å². The maximum atomic E-state index is 12.8. The van der Waals surface area contributed by atoms with Crippen molar-refractivity contribution in [2.45, 2.75) is 50.1 Å². The number of aromatic amines is 1. The molecule has 0 bridgehead atoms. The van der Waals surface area contributed by atoms with Crippen molar-refractivity contribution in [3.05, 3.63) is 52.1 Å². The molecule has 10 heteroatoms. The minimum absolute atomic E-state index is 0.00516. The molecule has 35 heavy (non-hydrogen) atoms. The Bertz CT molecular complexity index is 1480. The van der Waals surface area contributed by atoms with E-state index in [-0.39, 0.29) is 23.4 Å². The summed E-state index contributed by atoms with van der Waals surface area (Å²) in [5.41, 5.74) is 5.01. The number of hydrogen-bond donors (Lipinski definition) is 2. The summed E-state index contributed by atoms with van der Waals surface area (Å²) in [6.07, 6.45) is 7.31. The molecule has 2 N–H and O–H groups in total. The number of nitrogens with zero attached hydrogens (tertiary/aromatic N) is 3. The van der Waals surface area contributed by atoms with Crippen molar-refractivity contribution >= 4 is 32.5 Å². The van der Waals surface area contributed by atoms with Gasteiger partial charge in [0.05, 0.1) is 5.75 Å². The van der Waals surface area contributed by atoms with Gasteiger partial charge >= 0.3 is 6.09 Å². The predicted molar refractivity (Wildman–Crippen MR) is 136 cm³/mol. The standard InChI is InChI=1S/C25H30N4O5S/c1-27-13-20-19-10-15(14-35(3,33)34)4-9-21(19)29(12-16-11-26-23(22(16)20)24(27)30)18-7-5-17(6-8-18)28(2)25(31)32/h4,9-11,13,17-18,26H,5-8,12,14H2,1-3H3,(H,31,32)/t17-,18+.